The smallest absolute Gasteiger partial charge is 0.233 e. The van der Waals surface area contributed by atoms with E-state index in [0.717, 1.165) is 10.8 Å². The summed E-state index contributed by atoms with van der Waals surface area (Å²) >= 11 is 3.10. The summed E-state index contributed by atoms with van der Waals surface area (Å²) in [5, 5.41) is 11.0. The molecule has 0 aliphatic heterocycles. The van der Waals surface area contributed by atoms with Crippen molar-refractivity contribution < 1.29 is 4.79 Å². The van der Waals surface area contributed by atoms with Crippen LogP contribution in [0.4, 0.5) is 0 Å². The van der Waals surface area contributed by atoms with Gasteiger partial charge in [0.1, 0.15) is 6.33 Å². The Hall–Kier alpha value is -2.12. The Morgan fingerprint density at radius 1 is 1.19 bits per heavy atom. The number of carbonyl (C=O) groups is 1. The van der Waals surface area contributed by atoms with Gasteiger partial charge in [-0.25, -0.2) is 0 Å². The van der Waals surface area contributed by atoms with Gasteiger partial charge in [-0.1, -0.05) is 17.8 Å². The van der Waals surface area contributed by atoms with E-state index in [-0.39, 0.29) is 5.91 Å². The van der Waals surface area contributed by atoms with Gasteiger partial charge in [0, 0.05) is 17.6 Å². The highest BCUT2D eigenvalue weighted by Crippen LogP contribution is 2.22. The highest BCUT2D eigenvalue weighted by molar-refractivity contribution is 7.99. The van der Waals surface area contributed by atoms with Gasteiger partial charge in [0.25, 0.3) is 0 Å². The molecule has 1 amide bonds. The van der Waals surface area contributed by atoms with Crippen molar-refractivity contribution in [1.29, 1.82) is 0 Å². The van der Waals surface area contributed by atoms with E-state index in [4.69, 9.17) is 0 Å². The fourth-order valence-electron chi connectivity index (χ4n) is 2.48. The first-order chi connectivity index (χ1) is 12.5. The zero-order valence-electron chi connectivity index (χ0n) is 15.4. The van der Waals surface area contributed by atoms with Crippen molar-refractivity contribution in [3.63, 3.8) is 0 Å². The number of amides is 1. The third-order valence-electron chi connectivity index (χ3n) is 4.38. The van der Waals surface area contributed by atoms with Crippen molar-refractivity contribution in [3.8, 4) is 5.69 Å². The normalized spacial score (nSPS) is 10.9. The molecule has 0 fully saturated rings. The van der Waals surface area contributed by atoms with E-state index in [9.17, 15) is 4.79 Å². The van der Waals surface area contributed by atoms with Crippen molar-refractivity contribution in [1.82, 2.24) is 19.7 Å². The summed E-state index contributed by atoms with van der Waals surface area (Å²) in [6.07, 6.45) is 1.69. The van der Waals surface area contributed by atoms with E-state index in [0.29, 0.717) is 12.3 Å². The molecular weight excluding hydrogens is 364 g/mol. The lowest BCUT2D eigenvalue weighted by atomic mass is 10.1. The number of thioether (sulfide) groups is 1. The highest BCUT2D eigenvalue weighted by atomic mass is 32.2. The molecule has 1 aromatic carbocycles. The van der Waals surface area contributed by atoms with Crippen molar-refractivity contribution in [2.24, 2.45) is 0 Å². The predicted molar refractivity (Wildman–Crippen MR) is 107 cm³/mol. The maximum absolute atomic E-state index is 12.5. The van der Waals surface area contributed by atoms with Crippen LogP contribution in [0.2, 0.25) is 0 Å². The molecule has 0 radical (unpaired) electrons. The van der Waals surface area contributed by atoms with E-state index in [2.05, 4.69) is 54.5 Å². The van der Waals surface area contributed by atoms with Crippen molar-refractivity contribution in [2.45, 2.75) is 32.5 Å². The largest absolute Gasteiger partial charge is 0.340 e. The van der Waals surface area contributed by atoms with Gasteiger partial charge in [-0.2, -0.15) is 0 Å². The molecule has 136 valence electrons. The van der Waals surface area contributed by atoms with Crippen LogP contribution in [0.15, 0.2) is 41.1 Å². The topological polar surface area (TPSA) is 51.0 Å². The van der Waals surface area contributed by atoms with Crippen LogP contribution in [0.3, 0.4) is 0 Å². The molecule has 0 aliphatic carbocycles. The fraction of sp³-hybridized carbons (Fsp3) is 0.316. The van der Waals surface area contributed by atoms with Gasteiger partial charge in [-0.15, -0.1) is 21.5 Å². The van der Waals surface area contributed by atoms with Crippen molar-refractivity contribution in [3.05, 3.63) is 57.5 Å². The van der Waals surface area contributed by atoms with E-state index in [1.165, 1.54) is 33.3 Å². The SMILES string of the molecule is Cc1ccc(-n2cnnc2SCC(=O)N(C)Cc2sccc2C)cc1C. The Labute approximate surface area is 162 Å². The third kappa shape index (κ3) is 4.16. The van der Waals surface area contributed by atoms with Crippen LogP contribution in [0.1, 0.15) is 21.6 Å². The number of aryl methyl sites for hydroxylation is 3. The summed E-state index contributed by atoms with van der Waals surface area (Å²) in [6.45, 7) is 6.89. The molecular formula is C19H22N4OS2. The Morgan fingerprint density at radius 3 is 2.69 bits per heavy atom. The minimum Gasteiger partial charge on any atom is -0.340 e. The summed E-state index contributed by atoms with van der Waals surface area (Å²) in [4.78, 5) is 15.5. The summed E-state index contributed by atoms with van der Waals surface area (Å²) in [5.74, 6) is 0.419. The number of hydrogen-bond acceptors (Lipinski definition) is 5. The summed E-state index contributed by atoms with van der Waals surface area (Å²) in [6, 6.07) is 8.32. The standard InChI is InChI=1S/C19H22N4OS2/c1-13-5-6-16(9-15(13)3)23-12-20-21-19(23)26-11-18(24)22(4)10-17-14(2)7-8-25-17/h5-9,12H,10-11H2,1-4H3. The zero-order valence-corrected chi connectivity index (χ0v) is 17.0. The molecule has 0 atom stereocenters. The second-order valence-electron chi connectivity index (χ2n) is 6.32. The maximum atomic E-state index is 12.5. The molecule has 26 heavy (non-hydrogen) atoms. The number of carbonyl (C=O) groups excluding carboxylic acids is 1. The van der Waals surface area contributed by atoms with Gasteiger partial charge >= 0.3 is 0 Å². The first kappa shape index (κ1) is 18.7. The zero-order chi connectivity index (χ0) is 18.7. The van der Waals surface area contributed by atoms with Crippen molar-refractivity contribution >= 4 is 29.0 Å². The second kappa shape index (κ2) is 8.05. The molecule has 7 heteroatoms. The molecule has 0 bridgehead atoms. The van der Waals surface area contributed by atoms with Gasteiger partial charge in [0.2, 0.25) is 5.91 Å². The Kier molecular flexibility index (Phi) is 5.78. The van der Waals surface area contributed by atoms with E-state index in [1.807, 2.05) is 17.7 Å². The molecule has 2 aromatic heterocycles. The van der Waals surface area contributed by atoms with Crippen LogP contribution in [0, 0.1) is 20.8 Å². The number of nitrogens with zero attached hydrogens (tertiary/aromatic N) is 4. The van der Waals surface area contributed by atoms with Gasteiger partial charge < -0.3 is 4.90 Å². The molecule has 0 aliphatic rings. The molecule has 0 N–H and O–H groups in total. The second-order valence-corrected chi connectivity index (χ2v) is 8.26. The van der Waals surface area contributed by atoms with Crippen LogP contribution in [0.25, 0.3) is 5.69 Å². The molecule has 3 aromatic rings. The Morgan fingerprint density at radius 2 is 2.00 bits per heavy atom. The molecule has 2 heterocycles. The summed E-state index contributed by atoms with van der Waals surface area (Å²) < 4.78 is 1.92. The summed E-state index contributed by atoms with van der Waals surface area (Å²) in [7, 11) is 1.84. The fourth-order valence-corrected chi connectivity index (χ4v) is 4.31. The first-order valence-corrected chi connectivity index (χ1v) is 10.2. The Balaban J connectivity index is 1.65. The van der Waals surface area contributed by atoms with Crippen LogP contribution in [-0.2, 0) is 11.3 Å². The van der Waals surface area contributed by atoms with E-state index >= 15 is 0 Å². The minimum absolute atomic E-state index is 0.0810. The summed E-state index contributed by atoms with van der Waals surface area (Å²) in [5.41, 5.74) is 4.71. The maximum Gasteiger partial charge on any atom is 0.233 e. The van der Waals surface area contributed by atoms with Crippen LogP contribution >= 0.6 is 23.1 Å². The van der Waals surface area contributed by atoms with Crippen LogP contribution in [-0.4, -0.2) is 38.4 Å². The van der Waals surface area contributed by atoms with Gasteiger partial charge in [0.05, 0.1) is 12.3 Å². The molecule has 0 spiro atoms. The van der Waals surface area contributed by atoms with E-state index in [1.54, 1.807) is 22.6 Å². The Bertz CT molecular complexity index is 916. The van der Waals surface area contributed by atoms with Gasteiger partial charge in [0.15, 0.2) is 5.16 Å². The van der Waals surface area contributed by atoms with Crippen molar-refractivity contribution in [2.75, 3.05) is 12.8 Å². The van der Waals surface area contributed by atoms with Gasteiger partial charge in [-0.3, -0.25) is 9.36 Å². The molecule has 0 saturated carbocycles. The highest BCUT2D eigenvalue weighted by Gasteiger charge is 2.15. The van der Waals surface area contributed by atoms with E-state index < -0.39 is 0 Å². The number of hydrogen-bond donors (Lipinski definition) is 0. The van der Waals surface area contributed by atoms with Crippen LogP contribution in [0.5, 0.6) is 0 Å². The lowest BCUT2D eigenvalue weighted by Crippen LogP contribution is -2.27. The lowest BCUT2D eigenvalue weighted by Gasteiger charge is -2.16. The lowest BCUT2D eigenvalue weighted by molar-refractivity contribution is -0.127. The number of rotatable bonds is 6. The molecule has 5 nitrogen and oxygen atoms in total. The minimum atomic E-state index is 0.0810. The van der Waals surface area contributed by atoms with Crippen LogP contribution < -0.4 is 0 Å². The first-order valence-electron chi connectivity index (χ1n) is 8.33. The third-order valence-corrected chi connectivity index (χ3v) is 6.32. The molecule has 0 unspecified atom stereocenters. The number of aromatic nitrogens is 3. The average molecular weight is 387 g/mol. The monoisotopic (exact) mass is 386 g/mol. The molecule has 3 rings (SSSR count). The predicted octanol–water partition coefficient (Wildman–Crippen LogP) is 4.00. The average Bonchev–Trinajstić information content (AvgIpc) is 3.24. The number of thiophene rings is 1. The quantitative estimate of drug-likeness (QED) is 0.601. The molecule has 0 saturated heterocycles. The number of benzene rings is 1. The van der Waals surface area contributed by atoms with Gasteiger partial charge in [-0.05, 0) is 61.0 Å².